The lowest BCUT2D eigenvalue weighted by atomic mass is 10.0. The van der Waals surface area contributed by atoms with Gasteiger partial charge in [0.05, 0.1) is 12.7 Å². The molecular formula is C15H28O3. The maximum absolute atomic E-state index is 10.8. The molecular weight excluding hydrogens is 228 g/mol. The van der Waals surface area contributed by atoms with Crippen LogP contribution in [0.25, 0.3) is 0 Å². The Labute approximate surface area is 111 Å². The van der Waals surface area contributed by atoms with Crippen LogP contribution < -0.4 is 0 Å². The van der Waals surface area contributed by atoms with Crippen molar-refractivity contribution in [1.82, 2.24) is 0 Å². The molecule has 0 aromatic carbocycles. The molecule has 0 saturated carbocycles. The van der Waals surface area contributed by atoms with Crippen LogP contribution in [0.3, 0.4) is 0 Å². The van der Waals surface area contributed by atoms with Crippen LogP contribution in [0, 0.1) is 0 Å². The predicted molar refractivity (Wildman–Crippen MR) is 72.5 cm³/mol. The summed E-state index contributed by atoms with van der Waals surface area (Å²) in [5.41, 5.74) is 0. The standard InChI is InChI=1S/C15H28O3/c1-3-4-5-6-7-8-9-14-10-11-15(12-17-14)18-13(2)16/h14-15H,3-12H2,1-2H3/t14-,15-/m1/s1. The summed E-state index contributed by atoms with van der Waals surface area (Å²) in [6, 6.07) is 0. The van der Waals surface area contributed by atoms with Crippen molar-refractivity contribution in [3.8, 4) is 0 Å². The van der Waals surface area contributed by atoms with Crippen LogP contribution in [-0.2, 0) is 14.3 Å². The predicted octanol–water partition coefficient (Wildman–Crippen LogP) is 3.85. The quantitative estimate of drug-likeness (QED) is 0.489. The van der Waals surface area contributed by atoms with Gasteiger partial charge in [0.2, 0.25) is 0 Å². The SMILES string of the molecule is CCCCCCCC[C@@H]1CC[C@@H](OC(C)=O)CO1. The summed E-state index contributed by atoms with van der Waals surface area (Å²) in [7, 11) is 0. The second-order valence-corrected chi connectivity index (χ2v) is 5.32. The van der Waals surface area contributed by atoms with E-state index in [0.717, 1.165) is 12.8 Å². The Kier molecular flexibility index (Phi) is 8.06. The molecule has 0 N–H and O–H groups in total. The minimum atomic E-state index is -0.196. The number of unbranched alkanes of at least 4 members (excludes halogenated alkanes) is 5. The molecule has 0 radical (unpaired) electrons. The lowest BCUT2D eigenvalue weighted by Gasteiger charge is -2.28. The first-order valence-electron chi connectivity index (χ1n) is 7.51. The first kappa shape index (κ1) is 15.5. The monoisotopic (exact) mass is 256 g/mol. The van der Waals surface area contributed by atoms with Gasteiger partial charge in [-0.1, -0.05) is 45.4 Å². The fraction of sp³-hybridized carbons (Fsp3) is 0.933. The third kappa shape index (κ3) is 7.00. The van der Waals surface area contributed by atoms with E-state index in [-0.39, 0.29) is 12.1 Å². The summed E-state index contributed by atoms with van der Waals surface area (Å²) in [6.07, 6.45) is 11.5. The zero-order valence-corrected chi connectivity index (χ0v) is 12.0. The number of rotatable bonds is 8. The molecule has 3 heteroatoms. The minimum Gasteiger partial charge on any atom is -0.460 e. The van der Waals surface area contributed by atoms with Crippen molar-refractivity contribution in [1.29, 1.82) is 0 Å². The van der Waals surface area contributed by atoms with Gasteiger partial charge in [0, 0.05) is 6.92 Å². The first-order valence-corrected chi connectivity index (χ1v) is 7.51. The molecule has 0 aliphatic carbocycles. The molecule has 0 aromatic rings. The van der Waals surface area contributed by atoms with Crippen molar-refractivity contribution in [3.63, 3.8) is 0 Å². The van der Waals surface area contributed by atoms with Gasteiger partial charge in [-0.3, -0.25) is 4.79 Å². The summed E-state index contributed by atoms with van der Waals surface area (Å²) in [5, 5.41) is 0. The molecule has 0 aromatic heterocycles. The van der Waals surface area contributed by atoms with E-state index in [4.69, 9.17) is 9.47 Å². The molecule has 18 heavy (non-hydrogen) atoms. The van der Waals surface area contributed by atoms with Crippen molar-refractivity contribution in [2.75, 3.05) is 6.61 Å². The van der Waals surface area contributed by atoms with Crippen LogP contribution in [0.1, 0.15) is 71.6 Å². The third-order valence-electron chi connectivity index (χ3n) is 3.54. The average molecular weight is 256 g/mol. The van der Waals surface area contributed by atoms with Gasteiger partial charge in [-0.15, -0.1) is 0 Å². The topological polar surface area (TPSA) is 35.5 Å². The molecule has 106 valence electrons. The Bertz CT molecular complexity index is 220. The van der Waals surface area contributed by atoms with E-state index in [9.17, 15) is 4.79 Å². The molecule has 1 heterocycles. The van der Waals surface area contributed by atoms with Gasteiger partial charge in [-0.05, 0) is 19.3 Å². The summed E-state index contributed by atoms with van der Waals surface area (Å²) < 4.78 is 10.9. The highest BCUT2D eigenvalue weighted by atomic mass is 16.6. The van der Waals surface area contributed by atoms with Crippen molar-refractivity contribution in [3.05, 3.63) is 0 Å². The number of hydrogen-bond donors (Lipinski definition) is 0. The van der Waals surface area contributed by atoms with Gasteiger partial charge in [0.15, 0.2) is 0 Å². The van der Waals surface area contributed by atoms with Crippen molar-refractivity contribution in [2.24, 2.45) is 0 Å². The molecule has 1 saturated heterocycles. The van der Waals surface area contributed by atoms with Crippen LogP contribution in [0.5, 0.6) is 0 Å². The van der Waals surface area contributed by atoms with Gasteiger partial charge >= 0.3 is 5.97 Å². The molecule has 1 aliphatic rings. The Morgan fingerprint density at radius 1 is 1.17 bits per heavy atom. The lowest BCUT2D eigenvalue weighted by Crippen LogP contribution is -2.32. The maximum atomic E-state index is 10.8. The fourth-order valence-electron chi connectivity index (χ4n) is 2.49. The first-order chi connectivity index (χ1) is 8.72. The molecule has 1 rings (SSSR count). The molecule has 0 amide bonds. The van der Waals surface area contributed by atoms with Gasteiger partial charge in [0.25, 0.3) is 0 Å². The molecule has 1 fully saturated rings. The highest BCUT2D eigenvalue weighted by Crippen LogP contribution is 2.21. The summed E-state index contributed by atoms with van der Waals surface area (Å²) in [6.45, 7) is 4.29. The van der Waals surface area contributed by atoms with Gasteiger partial charge in [-0.25, -0.2) is 0 Å². The Balaban J connectivity index is 1.97. The van der Waals surface area contributed by atoms with E-state index in [1.54, 1.807) is 0 Å². The van der Waals surface area contributed by atoms with E-state index < -0.39 is 0 Å². The van der Waals surface area contributed by atoms with Crippen LogP contribution >= 0.6 is 0 Å². The van der Waals surface area contributed by atoms with E-state index >= 15 is 0 Å². The van der Waals surface area contributed by atoms with Gasteiger partial charge in [0.1, 0.15) is 6.10 Å². The molecule has 2 atom stereocenters. The second kappa shape index (κ2) is 9.37. The summed E-state index contributed by atoms with van der Waals surface area (Å²) in [4.78, 5) is 10.8. The Hall–Kier alpha value is -0.570. The average Bonchev–Trinajstić information content (AvgIpc) is 2.35. The van der Waals surface area contributed by atoms with E-state index in [2.05, 4.69) is 6.92 Å². The number of esters is 1. The zero-order valence-electron chi connectivity index (χ0n) is 12.0. The number of hydrogen-bond acceptors (Lipinski definition) is 3. The normalized spacial score (nSPS) is 23.9. The highest BCUT2D eigenvalue weighted by Gasteiger charge is 2.22. The zero-order chi connectivity index (χ0) is 13.2. The second-order valence-electron chi connectivity index (χ2n) is 5.32. The van der Waals surface area contributed by atoms with Gasteiger partial charge in [-0.2, -0.15) is 0 Å². The Morgan fingerprint density at radius 3 is 2.50 bits per heavy atom. The number of ether oxygens (including phenoxy) is 2. The van der Waals surface area contributed by atoms with E-state index in [1.807, 2.05) is 0 Å². The molecule has 3 nitrogen and oxygen atoms in total. The molecule has 0 bridgehead atoms. The minimum absolute atomic E-state index is 0.0108. The van der Waals surface area contributed by atoms with Crippen LogP contribution in [0.2, 0.25) is 0 Å². The van der Waals surface area contributed by atoms with Crippen molar-refractivity contribution in [2.45, 2.75) is 83.8 Å². The van der Waals surface area contributed by atoms with E-state index in [0.29, 0.717) is 12.7 Å². The van der Waals surface area contributed by atoms with E-state index in [1.165, 1.54) is 51.9 Å². The maximum Gasteiger partial charge on any atom is 0.302 e. The molecule has 0 spiro atoms. The van der Waals surface area contributed by atoms with Crippen LogP contribution in [0.15, 0.2) is 0 Å². The Morgan fingerprint density at radius 2 is 1.89 bits per heavy atom. The van der Waals surface area contributed by atoms with Crippen LogP contribution in [-0.4, -0.2) is 24.8 Å². The summed E-state index contributed by atoms with van der Waals surface area (Å²) >= 11 is 0. The largest absolute Gasteiger partial charge is 0.460 e. The highest BCUT2D eigenvalue weighted by molar-refractivity contribution is 5.66. The van der Waals surface area contributed by atoms with Gasteiger partial charge < -0.3 is 9.47 Å². The smallest absolute Gasteiger partial charge is 0.302 e. The number of carbonyl (C=O) groups excluding carboxylic acids is 1. The fourth-order valence-corrected chi connectivity index (χ4v) is 2.49. The van der Waals surface area contributed by atoms with Crippen LogP contribution in [0.4, 0.5) is 0 Å². The lowest BCUT2D eigenvalue weighted by molar-refractivity contribution is -0.156. The van der Waals surface area contributed by atoms with Crippen molar-refractivity contribution < 1.29 is 14.3 Å². The molecule has 0 unspecified atom stereocenters. The number of carbonyl (C=O) groups is 1. The summed E-state index contributed by atoms with van der Waals surface area (Å²) in [5.74, 6) is -0.196. The van der Waals surface area contributed by atoms with Crippen molar-refractivity contribution >= 4 is 5.97 Å². The molecule has 1 aliphatic heterocycles. The third-order valence-corrected chi connectivity index (χ3v) is 3.54.